The van der Waals surface area contributed by atoms with Crippen molar-refractivity contribution in [3.8, 4) is 22.9 Å². The molecule has 11 heteroatoms. The summed E-state index contributed by atoms with van der Waals surface area (Å²) in [5.74, 6) is 0.272. The lowest BCUT2D eigenvalue weighted by molar-refractivity contribution is -0.137. The molecule has 1 fully saturated rings. The molecule has 0 aliphatic carbocycles. The third-order valence-corrected chi connectivity index (χ3v) is 7.56. The predicted octanol–water partition coefficient (Wildman–Crippen LogP) is 6.46. The summed E-state index contributed by atoms with van der Waals surface area (Å²) in [5, 5.41) is 1.04. The highest BCUT2D eigenvalue weighted by Gasteiger charge is 2.29. The molecule has 0 spiro atoms. The van der Waals surface area contributed by atoms with Crippen molar-refractivity contribution in [1.29, 1.82) is 0 Å². The molecule has 3 aromatic heterocycles. The van der Waals surface area contributed by atoms with Crippen LogP contribution in [0, 0.1) is 12.7 Å². The Kier molecular flexibility index (Phi) is 6.79. The maximum atomic E-state index is 15.4. The Hall–Kier alpha value is -4.18. The van der Waals surface area contributed by atoms with Gasteiger partial charge in [0.15, 0.2) is 6.17 Å². The van der Waals surface area contributed by atoms with Crippen molar-refractivity contribution in [3.05, 3.63) is 71.7 Å². The number of alkyl halides is 1. The molecule has 0 unspecified atom stereocenters. The molecule has 0 radical (unpaired) electrons. The Bertz CT molecular complexity index is 1740. The van der Waals surface area contributed by atoms with E-state index in [4.69, 9.17) is 21.3 Å². The fraction of sp³-hybridized carbons (Fsp3) is 0.276. The number of hydrogen-bond donors (Lipinski definition) is 0. The minimum Gasteiger partial charge on any atom is -0.424 e. The molecule has 5 aromatic rings. The van der Waals surface area contributed by atoms with Crippen LogP contribution < -0.4 is 4.74 Å². The van der Waals surface area contributed by atoms with Gasteiger partial charge in [0.05, 0.1) is 22.3 Å². The molecule has 1 aliphatic rings. The molecular weight excluding hydrogens is 538 g/mol. The second-order valence-corrected chi connectivity index (χ2v) is 10.2. The molecule has 6 rings (SSSR count). The molecule has 1 atom stereocenters. The van der Waals surface area contributed by atoms with Crippen LogP contribution in [0.5, 0.6) is 11.8 Å². The average molecular weight is 563 g/mol. The zero-order valence-electron chi connectivity index (χ0n) is 21.8. The van der Waals surface area contributed by atoms with E-state index in [9.17, 15) is 9.18 Å². The number of imidazole rings is 1. The number of pyridine rings is 1. The van der Waals surface area contributed by atoms with Crippen LogP contribution in [0.2, 0.25) is 5.02 Å². The first kappa shape index (κ1) is 26.1. The van der Waals surface area contributed by atoms with E-state index < -0.39 is 17.9 Å². The van der Waals surface area contributed by atoms with Crippen LogP contribution >= 0.6 is 11.6 Å². The first-order valence-electron chi connectivity index (χ1n) is 12.9. The third kappa shape index (κ3) is 4.72. The van der Waals surface area contributed by atoms with Crippen molar-refractivity contribution in [2.24, 2.45) is 0 Å². The van der Waals surface area contributed by atoms with Crippen molar-refractivity contribution < 1.29 is 18.3 Å². The summed E-state index contributed by atoms with van der Waals surface area (Å²) in [6.45, 7) is 4.10. The lowest BCUT2D eigenvalue weighted by Crippen LogP contribution is -2.42. The number of benzene rings is 2. The quantitative estimate of drug-likeness (QED) is 0.244. The highest BCUT2D eigenvalue weighted by Crippen LogP contribution is 2.38. The van der Waals surface area contributed by atoms with Crippen molar-refractivity contribution in [3.63, 3.8) is 0 Å². The molecule has 204 valence electrons. The molecule has 1 amide bonds. The number of piperidine rings is 1. The van der Waals surface area contributed by atoms with Gasteiger partial charge in [-0.3, -0.25) is 9.78 Å². The predicted molar refractivity (Wildman–Crippen MR) is 148 cm³/mol. The molecule has 0 saturated carbocycles. The normalized spacial score (nSPS) is 15.1. The number of nitrogens with zero attached hydrogens (tertiary/aromatic N) is 6. The molecular formula is C29H25ClF2N6O2. The molecule has 1 saturated heterocycles. The number of amides is 1. The highest BCUT2D eigenvalue weighted by molar-refractivity contribution is 6.33. The number of ether oxygens (including phenoxy) is 1. The van der Waals surface area contributed by atoms with Crippen LogP contribution in [-0.4, -0.2) is 54.6 Å². The molecule has 2 aromatic carbocycles. The number of carbonyl (C=O) groups excluding carboxylic acids is 1. The number of fused-ring (bicyclic) bond motifs is 3. The average Bonchev–Trinajstić information content (AvgIpc) is 3.29. The molecule has 4 heterocycles. The molecule has 8 nitrogen and oxygen atoms in total. The van der Waals surface area contributed by atoms with Crippen molar-refractivity contribution in [2.75, 3.05) is 13.1 Å². The number of carbonyl (C=O) groups is 1. The van der Waals surface area contributed by atoms with E-state index in [0.717, 1.165) is 16.7 Å². The number of hydrogen-bond acceptors (Lipinski definition) is 6. The van der Waals surface area contributed by atoms with Crippen LogP contribution in [0.25, 0.3) is 33.1 Å². The lowest BCUT2D eigenvalue weighted by atomic mass is 10.0. The fourth-order valence-electron chi connectivity index (χ4n) is 5.38. The number of halogens is 3. The highest BCUT2D eigenvalue weighted by atomic mass is 35.5. The van der Waals surface area contributed by atoms with Gasteiger partial charge < -0.3 is 14.2 Å². The van der Waals surface area contributed by atoms with Gasteiger partial charge in [-0.25, -0.2) is 23.7 Å². The Labute approximate surface area is 233 Å². The van der Waals surface area contributed by atoms with E-state index in [1.165, 1.54) is 13.0 Å². The van der Waals surface area contributed by atoms with Gasteiger partial charge in [0.25, 0.3) is 5.91 Å². The second-order valence-electron chi connectivity index (χ2n) is 9.82. The number of rotatable bonds is 5. The summed E-state index contributed by atoms with van der Waals surface area (Å²) in [5.41, 5.74) is 2.83. The molecule has 0 bridgehead atoms. The van der Waals surface area contributed by atoms with Crippen molar-refractivity contribution in [2.45, 2.75) is 38.9 Å². The van der Waals surface area contributed by atoms with E-state index in [-0.39, 0.29) is 12.1 Å². The Morgan fingerprint density at radius 3 is 2.52 bits per heavy atom. The summed E-state index contributed by atoms with van der Waals surface area (Å²) in [6, 6.07) is 10.0. The monoisotopic (exact) mass is 562 g/mol. The largest absolute Gasteiger partial charge is 0.424 e. The summed E-state index contributed by atoms with van der Waals surface area (Å²) in [6.07, 6.45) is 4.57. The van der Waals surface area contributed by atoms with Crippen molar-refractivity contribution >= 4 is 39.4 Å². The van der Waals surface area contributed by atoms with Crippen molar-refractivity contribution in [1.82, 2.24) is 29.4 Å². The summed E-state index contributed by atoms with van der Waals surface area (Å²) in [7, 11) is 0. The first-order valence-corrected chi connectivity index (χ1v) is 13.3. The maximum absolute atomic E-state index is 15.4. The van der Waals surface area contributed by atoms with Gasteiger partial charge in [-0.2, -0.15) is 0 Å². The third-order valence-electron chi connectivity index (χ3n) is 7.24. The summed E-state index contributed by atoms with van der Waals surface area (Å²) >= 11 is 6.61. The standard InChI is InChI=1S/C29H25ClF2N6O2/c1-16(31)28(39)37-10-6-18(7-11-37)38-17(2)36-26-15-35-25-14-24(32)21(13-22(25)27(26)38)20-5-4-19(12-23(20)30)40-29-33-8-3-9-34-29/h3-5,8-9,12-16,18H,6-7,10-11H2,1-2H3/t16-/m1/s1. The van der Waals surface area contributed by atoms with Crippen LogP contribution in [0.3, 0.4) is 0 Å². The smallest absolute Gasteiger partial charge is 0.321 e. The van der Waals surface area contributed by atoms with E-state index in [1.807, 2.05) is 6.92 Å². The SMILES string of the molecule is Cc1nc2cnc3cc(F)c(-c4ccc(Oc5ncccn5)cc4Cl)cc3c2n1C1CCN(C(=O)[C@@H](C)F)CC1. The van der Waals surface area contributed by atoms with Crippen LogP contribution in [-0.2, 0) is 4.79 Å². The Morgan fingerprint density at radius 1 is 1.07 bits per heavy atom. The zero-order chi connectivity index (χ0) is 28.0. The summed E-state index contributed by atoms with van der Waals surface area (Å²) in [4.78, 5) is 31.0. The first-order chi connectivity index (χ1) is 19.3. The maximum Gasteiger partial charge on any atom is 0.321 e. The van der Waals surface area contributed by atoms with E-state index >= 15 is 4.39 Å². The number of likely N-dealkylation sites (tertiary alicyclic amines) is 1. The Morgan fingerprint density at radius 2 is 1.82 bits per heavy atom. The molecule has 40 heavy (non-hydrogen) atoms. The van der Waals surface area contributed by atoms with Gasteiger partial charge in [-0.15, -0.1) is 0 Å². The van der Waals surface area contributed by atoms with Gasteiger partial charge in [-0.05, 0) is 51.0 Å². The van der Waals surface area contributed by atoms with Crippen LogP contribution in [0.4, 0.5) is 8.78 Å². The topological polar surface area (TPSA) is 86.0 Å². The molecule has 1 aliphatic heterocycles. The van der Waals surface area contributed by atoms with Gasteiger partial charge in [-0.1, -0.05) is 11.6 Å². The Balaban J connectivity index is 1.39. The van der Waals surface area contributed by atoms with Gasteiger partial charge in [0.1, 0.15) is 22.9 Å². The lowest BCUT2D eigenvalue weighted by Gasteiger charge is -2.34. The van der Waals surface area contributed by atoms with E-state index in [0.29, 0.717) is 58.9 Å². The second kappa shape index (κ2) is 10.4. The minimum absolute atomic E-state index is 0.0447. The fourth-order valence-corrected chi connectivity index (χ4v) is 5.66. The minimum atomic E-state index is -1.52. The van der Waals surface area contributed by atoms with E-state index in [2.05, 4.69) is 19.5 Å². The van der Waals surface area contributed by atoms with Crippen LogP contribution in [0.15, 0.2) is 55.0 Å². The van der Waals surface area contributed by atoms with Crippen LogP contribution in [0.1, 0.15) is 31.6 Å². The number of aromatic nitrogens is 5. The molecule has 0 N–H and O–H groups in total. The van der Waals surface area contributed by atoms with Gasteiger partial charge >= 0.3 is 6.01 Å². The summed E-state index contributed by atoms with van der Waals surface area (Å²) < 4.78 is 36.8. The van der Waals surface area contributed by atoms with Gasteiger partial charge in [0.2, 0.25) is 0 Å². The number of aryl methyl sites for hydroxylation is 1. The zero-order valence-corrected chi connectivity index (χ0v) is 22.6. The van der Waals surface area contributed by atoms with Gasteiger partial charge in [0, 0.05) is 60.2 Å². The van der Waals surface area contributed by atoms with E-state index in [1.54, 1.807) is 53.8 Å².